The largest absolute Gasteiger partial charge is 0.365 e. The highest BCUT2D eigenvalue weighted by Crippen LogP contribution is 2.36. The Morgan fingerprint density at radius 2 is 1.97 bits per heavy atom. The van der Waals surface area contributed by atoms with Gasteiger partial charge in [0.2, 0.25) is 5.91 Å². The number of hydrogen-bond donors (Lipinski definition) is 1. The van der Waals surface area contributed by atoms with Crippen LogP contribution in [0, 0.1) is 6.92 Å². The van der Waals surface area contributed by atoms with E-state index < -0.39 is 0 Å². The summed E-state index contributed by atoms with van der Waals surface area (Å²) in [7, 11) is 1.90. The van der Waals surface area contributed by atoms with Crippen LogP contribution in [0.3, 0.4) is 0 Å². The van der Waals surface area contributed by atoms with E-state index in [-0.39, 0.29) is 30.1 Å². The van der Waals surface area contributed by atoms with Crippen LogP contribution in [0.4, 0.5) is 5.69 Å². The second-order valence-electron chi connectivity index (χ2n) is 8.69. The van der Waals surface area contributed by atoms with Crippen molar-refractivity contribution >= 4 is 45.0 Å². The van der Waals surface area contributed by atoms with Gasteiger partial charge in [0, 0.05) is 30.2 Å². The van der Waals surface area contributed by atoms with Gasteiger partial charge in [-0.05, 0) is 50.5 Å². The van der Waals surface area contributed by atoms with Crippen LogP contribution in [-0.2, 0) is 4.79 Å². The molecule has 5 rings (SSSR count). The monoisotopic (exact) mass is 464 g/mol. The lowest BCUT2D eigenvalue weighted by Gasteiger charge is -2.21. The number of anilines is 1. The minimum Gasteiger partial charge on any atom is -0.365 e. The van der Waals surface area contributed by atoms with Gasteiger partial charge in [-0.15, -0.1) is 0 Å². The van der Waals surface area contributed by atoms with Crippen LogP contribution in [0.2, 0.25) is 5.02 Å². The second-order valence-corrected chi connectivity index (χ2v) is 9.10. The van der Waals surface area contributed by atoms with Crippen LogP contribution in [0.15, 0.2) is 57.8 Å². The number of aryl methyl sites for hydroxylation is 1. The first-order valence-electron chi connectivity index (χ1n) is 11.1. The molecule has 2 aromatic carbocycles. The van der Waals surface area contributed by atoms with E-state index in [0.717, 1.165) is 29.4 Å². The Hall–Kier alpha value is -3.32. The molecule has 2 unspecified atom stereocenters. The number of fused-ring (bicyclic) bond motifs is 3. The van der Waals surface area contributed by atoms with Crippen molar-refractivity contribution in [2.75, 3.05) is 18.5 Å². The molecule has 1 amide bonds. The topological polar surface area (TPSA) is 80.4 Å². The summed E-state index contributed by atoms with van der Waals surface area (Å²) in [5.74, 6) is 0.454. The molecule has 1 fully saturated rings. The lowest BCUT2D eigenvalue weighted by Crippen LogP contribution is -2.40. The number of hydrogen-bond acceptors (Lipinski definition) is 5. The number of pyridine rings is 1. The number of carbonyl (C=O) groups is 1. The number of rotatable bonds is 5. The van der Waals surface area contributed by atoms with Crippen molar-refractivity contribution in [1.29, 1.82) is 0 Å². The lowest BCUT2D eigenvalue weighted by molar-refractivity contribution is -0.120. The van der Waals surface area contributed by atoms with Gasteiger partial charge in [0.25, 0.3) is 5.56 Å². The maximum absolute atomic E-state index is 13.5. The number of para-hydroxylation sites is 1. The zero-order valence-corrected chi connectivity index (χ0v) is 19.3. The van der Waals surface area contributed by atoms with Gasteiger partial charge in [-0.1, -0.05) is 41.0 Å². The highest BCUT2D eigenvalue weighted by Gasteiger charge is 2.30. The van der Waals surface area contributed by atoms with E-state index in [9.17, 15) is 9.59 Å². The SMILES string of the molecule is Cc1onc2c1c(=O)n(C1CCC(NC(=O)CN(C)c3ccccc3)C1)c1cccc(Cl)c21. The zero-order chi connectivity index (χ0) is 23.1. The zero-order valence-electron chi connectivity index (χ0n) is 18.5. The average Bonchev–Trinajstić information content (AvgIpc) is 3.41. The summed E-state index contributed by atoms with van der Waals surface area (Å²) in [6.07, 6.45) is 2.27. The van der Waals surface area contributed by atoms with Gasteiger partial charge in [0.1, 0.15) is 16.7 Å². The van der Waals surface area contributed by atoms with Crippen molar-refractivity contribution in [3.8, 4) is 0 Å². The average molecular weight is 465 g/mol. The summed E-state index contributed by atoms with van der Waals surface area (Å²) in [4.78, 5) is 28.1. The van der Waals surface area contributed by atoms with E-state index in [2.05, 4.69) is 10.5 Å². The van der Waals surface area contributed by atoms with Crippen molar-refractivity contribution in [3.05, 3.63) is 69.7 Å². The second kappa shape index (κ2) is 8.56. The molecular formula is C25H25ClN4O3. The smallest absolute Gasteiger partial charge is 0.264 e. The standard InChI is InChI=1S/C25H25ClN4O3/c1-15-22-24(28-33-15)23-19(26)9-6-10-20(23)30(25(22)32)18-12-11-16(13-18)27-21(31)14-29(2)17-7-4-3-5-8-17/h3-10,16,18H,11-14H2,1-2H3,(H,27,31). The summed E-state index contributed by atoms with van der Waals surface area (Å²) >= 11 is 6.51. The Labute approximate surface area is 195 Å². The Kier molecular flexibility index (Phi) is 5.58. The quantitative estimate of drug-likeness (QED) is 0.472. The molecule has 33 heavy (non-hydrogen) atoms. The highest BCUT2D eigenvalue weighted by molar-refractivity contribution is 6.37. The van der Waals surface area contributed by atoms with Crippen molar-refractivity contribution in [2.45, 2.75) is 38.3 Å². The van der Waals surface area contributed by atoms with Gasteiger partial charge >= 0.3 is 0 Å². The van der Waals surface area contributed by atoms with Crippen LogP contribution in [0.25, 0.3) is 21.8 Å². The predicted molar refractivity (Wildman–Crippen MR) is 130 cm³/mol. The third-order valence-electron chi connectivity index (χ3n) is 6.50. The Morgan fingerprint density at radius 1 is 1.18 bits per heavy atom. The highest BCUT2D eigenvalue weighted by atomic mass is 35.5. The minimum atomic E-state index is -0.126. The molecule has 2 atom stereocenters. The molecule has 2 heterocycles. The molecule has 0 bridgehead atoms. The van der Waals surface area contributed by atoms with Gasteiger partial charge in [0.05, 0.1) is 17.1 Å². The number of halogens is 1. The van der Waals surface area contributed by atoms with Crippen molar-refractivity contribution < 1.29 is 9.32 Å². The molecule has 4 aromatic rings. The minimum absolute atomic E-state index is 0.00655. The fourth-order valence-corrected chi connectivity index (χ4v) is 5.18. The first-order valence-corrected chi connectivity index (χ1v) is 11.5. The van der Waals surface area contributed by atoms with Gasteiger partial charge in [-0.3, -0.25) is 9.59 Å². The van der Waals surface area contributed by atoms with Gasteiger partial charge in [0.15, 0.2) is 0 Å². The molecule has 0 radical (unpaired) electrons. The number of likely N-dealkylation sites (N-methyl/N-ethyl adjacent to an activating group) is 1. The Bertz CT molecular complexity index is 1400. The van der Waals surface area contributed by atoms with E-state index in [1.807, 2.05) is 59.0 Å². The summed E-state index contributed by atoms with van der Waals surface area (Å²) in [6.45, 7) is 2.01. The third-order valence-corrected chi connectivity index (χ3v) is 6.81. The number of nitrogens with zero attached hydrogens (tertiary/aromatic N) is 3. The number of aromatic nitrogens is 2. The van der Waals surface area contributed by atoms with E-state index >= 15 is 0 Å². The number of carbonyl (C=O) groups excluding carboxylic acids is 1. The normalized spacial score (nSPS) is 18.2. The third kappa shape index (κ3) is 3.86. The number of nitrogens with one attached hydrogen (secondary N) is 1. The molecule has 0 aliphatic heterocycles. The van der Waals surface area contributed by atoms with E-state index in [4.69, 9.17) is 16.1 Å². The molecule has 0 saturated heterocycles. The van der Waals surface area contributed by atoms with E-state index in [0.29, 0.717) is 28.1 Å². The van der Waals surface area contributed by atoms with Gasteiger partial charge in [-0.2, -0.15) is 0 Å². The number of benzene rings is 2. The van der Waals surface area contributed by atoms with Gasteiger partial charge < -0.3 is 19.3 Å². The maximum Gasteiger partial charge on any atom is 0.264 e. The Morgan fingerprint density at radius 3 is 2.76 bits per heavy atom. The first kappa shape index (κ1) is 21.5. The van der Waals surface area contributed by atoms with Crippen molar-refractivity contribution in [2.24, 2.45) is 0 Å². The van der Waals surface area contributed by atoms with Gasteiger partial charge in [-0.25, -0.2) is 0 Å². The van der Waals surface area contributed by atoms with Crippen molar-refractivity contribution in [3.63, 3.8) is 0 Å². The van der Waals surface area contributed by atoms with Crippen molar-refractivity contribution in [1.82, 2.24) is 15.0 Å². The van der Waals surface area contributed by atoms with E-state index in [1.165, 1.54) is 0 Å². The molecule has 1 aliphatic rings. The van der Waals surface area contributed by atoms with Crippen LogP contribution in [-0.4, -0.2) is 35.3 Å². The molecule has 1 N–H and O–H groups in total. The lowest BCUT2D eigenvalue weighted by atomic mass is 10.1. The number of amides is 1. The molecule has 8 heteroatoms. The molecule has 1 aliphatic carbocycles. The maximum atomic E-state index is 13.5. The summed E-state index contributed by atoms with van der Waals surface area (Å²) < 4.78 is 7.16. The molecule has 7 nitrogen and oxygen atoms in total. The Balaban J connectivity index is 1.39. The molecule has 1 saturated carbocycles. The summed E-state index contributed by atoms with van der Waals surface area (Å²) in [5, 5.41) is 8.98. The predicted octanol–water partition coefficient (Wildman–Crippen LogP) is 4.45. The fourth-order valence-electron chi connectivity index (χ4n) is 4.92. The molecule has 0 spiro atoms. The van der Waals surface area contributed by atoms with Crippen LogP contribution in [0.1, 0.15) is 31.1 Å². The first-order chi connectivity index (χ1) is 15.9. The summed E-state index contributed by atoms with van der Waals surface area (Å²) in [5.41, 5.74) is 2.11. The summed E-state index contributed by atoms with van der Waals surface area (Å²) in [6, 6.07) is 15.3. The molecule has 170 valence electrons. The van der Waals surface area contributed by atoms with Crippen LogP contribution >= 0.6 is 11.6 Å². The van der Waals surface area contributed by atoms with E-state index in [1.54, 1.807) is 13.0 Å². The molecule has 2 aromatic heterocycles. The fraction of sp³-hybridized carbons (Fsp3) is 0.320. The van der Waals surface area contributed by atoms with Crippen LogP contribution in [0.5, 0.6) is 0 Å². The van der Waals surface area contributed by atoms with Crippen LogP contribution < -0.4 is 15.8 Å². The molecular weight excluding hydrogens is 440 g/mol.